The summed E-state index contributed by atoms with van der Waals surface area (Å²) in [5.74, 6) is 0.558. The molecule has 3 amide bonds. The number of rotatable bonds is 4. The minimum Gasteiger partial charge on any atom is -0.497 e. The molecule has 0 saturated carbocycles. The lowest BCUT2D eigenvalue weighted by molar-refractivity contribution is -0.149. The number of hydrogen-bond donors (Lipinski definition) is 3. The van der Waals surface area contributed by atoms with Crippen LogP contribution in [0.5, 0.6) is 5.75 Å². The number of aliphatic hydroxyl groups excluding tert-OH is 1. The van der Waals surface area contributed by atoms with Crippen molar-refractivity contribution < 1.29 is 28.9 Å². The smallest absolute Gasteiger partial charge is 0.322 e. The Morgan fingerprint density at radius 1 is 1.31 bits per heavy atom. The summed E-state index contributed by atoms with van der Waals surface area (Å²) in [5.41, 5.74) is 0.605. The van der Waals surface area contributed by atoms with Crippen LogP contribution in [0.4, 0.5) is 10.5 Å². The molecule has 2 saturated heterocycles. The molecule has 2 fully saturated rings. The Hall–Kier alpha value is -2.36. The van der Waals surface area contributed by atoms with Gasteiger partial charge < -0.3 is 34.9 Å². The second kappa shape index (κ2) is 9.91. The van der Waals surface area contributed by atoms with Gasteiger partial charge in [0.05, 0.1) is 51.5 Å². The molecular formula is C20H29N3O6. The van der Waals surface area contributed by atoms with E-state index in [1.54, 1.807) is 43.3 Å². The standard InChI is InChI=1S/C20H29N3O6/c1-21-19(25)9-16-6-7-17-18(29-16)12-28-11-14(24)10-23(17)20(26)22-13-4-3-5-15(8-13)27-2/h3-5,8,14,16-18,24H,6-7,9-12H2,1-2H3,(H,21,25)(H,22,26)/t14-,16+,17-,18+/m1/s1. The number of carbonyl (C=O) groups is 2. The number of ether oxygens (including phenoxy) is 3. The van der Waals surface area contributed by atoms with Crippen LogP contribution in [-0.4, -0.2) is 80.2 Å². The number of anilines is 1. The van der Waals surface area contributed by atoms with E-state index in [1.165, 1.54) is 0 Å². The summed E-state index contributed by atoms with van der Waals surface area (Å²) in [6.07, 6.45) is 0.227. The monoisotopic (exact) mass is 407 g/mol. The van der Waals surface area contributed by atoms with Gasteiger partial charge in [-0.25, -0.2) is 4.79 Å². The van der Waals surface area contributed by atoms with Gasteiger partial charge in [-0.05, 0) is 25.0 Å². The van der Waals surface area contributed by atoms with Gasteiger partial charge in [-0.15, -0.1) is 0 Å². The third-order valence-electron chi connectivity index (χ3n) is 5.25. The van der Waals surface area contributed by atoms with Crippen molar-refractivity contribution in [1.82, 2.24) is 10.2 Å². The average Bonchev–Trinajstić information content (AvgIpc) is 2.71. The van der Waals surface area contributed by atoms with Gasteiger partial charge in [-0.1, -0.05) is 6.07 Å². The fraction of sp³-hybridized carbons (Fsp3) is 0.600. The Balaban J connectivity index is 1.72. The van der Waals surface area contributed by atoms with E-state index in [1.807, 2.05) is 0 Å². The quantitative estimate of drug-likeness (QED) is 0.686. The Kier molecular flexibility index (Phi) is 7.29. The molecule has 3 rings (SSSR count). The summed E-state index contributed by atoms with van der Waals surface area (Å²) in [5, 5.41) is 15.7. The van der Waals surface area contributed by atoms with Gasteiger partial charge >= 0.3 is 6.03 Å². The van der Waals surface area contributed by atoms with Crippen molar-refractivity contribution in [2.45, 2.75) is 43.6 Å². The summed E-state index contributed by atoms with van der Waals surface area (Å²) in [6.45, 7) is 0.519. The lowest BCUT2D eigenvalue weighted by Crippen LogP contribution is -2.58. The van der Waals surface area contributed by atoms with Crippen LogP contribution in [0.25, 0.3) is 0 Å². The first-order valence-electron chi connectivity index (χ1n) is 9.83. The molecule has 29 heavy (non-hydrogen) atoms. The second-order valence-corrected chi connectivity index (χ2v) is 7.32. The van der Waals surface area contributed by atoms with Crippen LogP contribution in [-0.2, 0) is 14.3 Å². The largest absolute Gasteiger partial charge is 0.497 e. The van der Waals surface area contributed by atoms with Crippen LogP contribution in [0, 0.1) is 0 Å². The highest BCUT2D eigenvalue weighted by Gasteiger charge is 2.40. The van der Waals surface area contributed by atoms with Gasteiger partial charge in [-0.2, -0.15) is 0 Å². The number of nitrogens with one attached hydrogen (secondary N) is 2. The number of aliphatic hydroxyl groups is 1. The van der Waals surface area contributed by atoms with Crippen molar-refractivity contribution in [1.29, 1.82) is 0 Å². The Morgan fingerprint density at radius 3 is 2.90 bits per heavy atom. The van der Waals surface area contributed by atoms with E-state index in [4.69, 9.17) is 14.2 Å². The lowest BCUT2D eigenvalue weighted by Gasteiger charge is -2.44. The van der Waals surface area contributed by atoms with Crippen molar-refractivity contribution in [3.05, 3.63) is 24.3 Å². The molecule has 9 heteroatoms. The van der Waals surface area contributed by atoms with Gasteiger partial charge in [0, 0.05) is 18.8 Å². The second-order valence-electron chi connectivity index (χ2n) is 7.32. The predicted octanol–water partition coefficient (Wildman–Crippen LogP) is 0.973. The SMILES string of the molecule is CNC(=O)C[C@@H]1CC[C@@H]2[C@H](COC[C@H](O)CN2C(=O)Nc2cccc(OC)c2)O1. The van der Waals surface area contributed by atoms with Crippen molar-refractivity contribution in [2.75, 3.05) is 39.2 Å². The van der Waals surface area contributed by atoms with E-state index in [9.17, 15) is 14.7 Å². The molecule has 4 atom stereocenters. The van der Waals surface area contributed by atoms with Gasteiger partial charge in [0.15, 0.2) is 0 Å². The summed E-state index contributed by atoms with van der Waals surface area (Å²) < 4.78 is 16.9. The summed E-state index contributed by atoms with van der Waals surface area (Å²) in [4.78, 5) is 26.4. The third kappa shape index (κ3) is 5.59. The van der Waals surface area contributed by atoms with E-state index in [0.29, 0.717) is 24.3 Å². The number of nitrogens with zero attached hydrogens (tertiary/aromatic N) is 1. The maximum atomic E-state index is 13.0. The molecule has 0 unspecified atom stereocenters. The van der Waals surface area contributed by atoms with Crippen LogP contribution < -0.4 is 15.4 Å². The van der Waals surface area contributed by atoms with E-state index in [0.717, 1.165) is 0 Å². The molecule has 0 aromatic heterocycles. The number of benzene rings is 1. The zero-order valence-electron chi connectivity index (χ0n) is 16.8. The Bertz CT molecular complexity index is 715. The van der Waals surface area contributed by atoms with Crippen LogP contribution >= 0.6 is 0 Å². The van der Waals surface area contributed by atoms with Crippen LogP contribution in [0.1, 0.15) is 19.3 Å². The van der Waals surface area contributed by atoms with Gasteiger partial charge in [0.25, 0.3) is 0 Å². The minimum absolute atomic E-state index is 0.0803. The molecule has 160 valence electrons. The molecule has 0 spiro atoms. The number of hydrogen-bond acceptors (Lipinski definition) is 6. The first-order chi connectivity index (χ1) is 14.0. The molecule has 2 aliphatic rings. The average molecular weight is 407 g/mol. The van der Waals surface area contributed by atoms with E-state index < -0.39 is 6.10 Å². The van der Waals surface area contributed by atoms with Crippen LogP contribution in [0.3, 0.4) is 0 Å². The fourth-order valence-electron chi connectivity index (χ4n) is 3.78. The predicted molar refractivity (Wildman–Crippen MR) is 106 cm³/mol. The molecule has 1 aromatic carbocycles. The highest BCUT2D eigenvalue weighted by atomic mass is 16.5. The molecule has 0 aliphatic carbocycles. The normalized spacial score (nSPS) is 27.2. The van der Waals surface area contributed by atoms with Gasteiger partial charge in [-0.3, -0.25) is 4.79 Å². The molecule has 9 nitrogen and oxygen atoms in total. The number of amides is 3. The summed E-state index contributed by atoms with van der Waals surface area (Å²) in [6, 6.07) is 6.53. The summed E-state index contributed by atoms with van der Waals surface area (Å²) >= 11 is 0. The molecule has 2 heterocycles. The van der Waals surface area contributed by atoms with Crippen molar-refractivity contribution in [3.63, 3.8) is 0 Å². The first kappa shape index (κ1) is 21.4. The number of β-amino-alcohol motifs (C(OH)–C–C–N with tert-alkyl or cyclic N) is 1. The van der Waals surface area contributed by atoms with E-state index in [2.05, 4.69) is 10.6 Å². The highest BCUT2D eigenvalue weighted by molar-refractivity contribution is 5.89. The number of methoxy groups -OCH3 is 1. The van der Waals surface area contributed by atoms with Crippen molar-refractivity contribution in [2.24, 2.45) is 0 Å². The van der Waals surface area contributed by atoms with E-state index >= 15 is 0 Å². The minimum atomic E-state index is -0.782. The maximum absolute atomic E-state index is 13.0. The molecule has 0 radical (unpaired) electrons. The number of fused-ring (bicyclic) bond motifs is 1. The van der Waals surface area contributed by atoms with Crippen molar-refractivity contribution >= 4 is 17.6 Å². The highest BCUT2D eigenvalue weighted by Crippen LogP contribution is 2.28. The third-order valence-corrected chi connectivity index (χ3v) is 5.25. The molecule has 2 aliphatic heterocycles. The Labute approximate surface area is 170 Å². The van der Waals surface area contributed by atoms with Crippen molar-refractivity contribution in [3.8, 4) is 5.75 Å². The molecule has 3 N–H and O–H groups in total. The van der Waals surface area contributed by atoms with E-state index in [-0.39, 0.29) is 56.4 Å². The van der Waals surface area contributed by atoms with Crippen LogP contribution in [0.2, 0.25) is 0 Å². The number of urea groups is 1. The molecular weight excluding hydrogens is 378 g/mol. The number of carbonyl (C=O) groups excluding carboxylic acids is 2. The first-order valence-corrected chi connectivity index (χ1v) is 9.83. The Morgan fingerprint density at radius 2 is 2.14 bits per heavy atom. The molecule has 0 bridgehead atoms. The fourth-order valence-corrected chi connectivity index (χ4v) is 3.78. The van der Waals surface area contributed by atoms with Gasteiger partial charge in [0.1, 0.15) is 11.9 Å². The summed E-state index contributed by atoms with van der Waals surface area (Å²) in [7, 11) is 3.16. The zero-order valence-corrected chi connectivity index (χ0v) is 16.8. The lowest BCUT2D eigenvalue weighted by atomic mass is 9.95. The zero-order chi connectivity index (χ0) is 20.8. The topological polar surface area (TPSA) is 109 Å². The van der Waals surface area contributed by atoms with Gasteiger partial charge in [0.2, 0.25) is 5.91 Å². The van der Waals surface area contributed by atoms with Crippen LogP contribution in [0.15, 0.2) is 24.3 Å². The maximum Gasteiger partial charge on any atom is 0.322 e. The molecule has 1 aromatic rings.